The van der Waals surface area contributed by atoms with Crippen molar-refractivity contribution in [2.45, 2.75) is 38.8 Å². The predicted octanol–water partition coefficient (Wildman–Crippen LogP) is 1.69. The Bertz CT molecular complexity index is 595. The lowest BCUT2D eigenvalue weighted by atomic mass is 10.0. The molecule has 1 fully saturated rings. The van der Waals surface area contributed by atoms with Crippen LogP contribution in [-0.2, 0) is 22.6 Å². The van der Waals surface area contributed by atoms with E-state index < -0.39 is 5.97 Å². The van der Waals surface area contributed by atoms with Crippen LogP contribution in [0.1, 0.15) is 30.9 Å². The van der Waals surface area contributed by atoms with Crippen LogP contribution in [-0.4, -0.2) is 78.0 Å². The fraction of sp³-hybridized carbons (Fsp3) is 0.600. The van der Waals surface area contributed by atoms with Crippen LogP contribution >= 0.6 is 0 Å². The van der Waals surface area contributed by atoms with Crippen molar-refractivity contribution in [1.82, 2.24) is 14.7 Å². The maximum atomic E-state index is 12.5. The number of carboxylic acid groups (broad SMARTS) is 1. The van der Waals surface area contributed by atoms with E-state index in [1.54, 1.807) is 4.90 Å². The van der Waals surface area contributed by atoms with Gasteiger partial charge < -0.3 is 10.0 Å². The summed E-state index contributed by atoms with van der Waals surface area (Å²) >= 11 is 0. The zero-order valence-corrected chi connectivity index (χ0v) is 16.1. The third kappa shape index (κ3) is 6.11. The van der Waals surface area contributed by atoms with Gasteiger partial charge in [0.25, 0.3) is 0 Å². The summed E-state index contributed by atoms with van der Waals surface area (Å²) in [5.74, 6) is -0.666. The number of likely N-dealkylation sites (tertiary alicyclic amines) is 1. The van der Waals surface area contributed by atoms with Crippen molar-refractivity contribution in [1.29, 1.82) is 0 Å². The molecule has 26 heavy (non-hydrogen) atoms. The van der Waals surface area contributed by atoms with Crippen LogP contribution < -0.4 is 0 Å². The fourth-order valence-electron chi connectivity index (χ4n) is 3.42. The Kier molecular flexibility index (Phi) is 7.60. The van der Waals surface area contributed by atoms with E-state index in [0.29, 0.717) is 13.1 Å². The standard InChI is InChI=1S/C20H31N3O3/c1-4-16-5-7-17(8-6-16)13-22(3)19(24)14-23-11-9-18(10-12-23)21(2)15-20(25)26/h5-8,18H,4,9-15H2,1-3H3,(H,25,26). The number of aliphatic carboxylic acids is 1. The lowest BCUT2D eigenvalue weighted by molar-refractivity contribution is -0.138. The molecule has 1 aliphatic rings. The molecule has 1 saturated heterocycles. The minimum Gasteiger partial charge on any atom is -0.480 e. The van der Waals surface area contributed by atoms with Crippen molar-refractivity contribution >= 4 is 11.9 Å². The van der Waals surface area contributed by atoms with Gasteiger partial charge in [0, 0.05) is 32.7 Å². The molecule has 6 nitrogen and oxygen atoms in total. The zero-order valence-electron chi connectivity index (χ0n) is 16.1. The minimum absolute atomic E-state index is 0.0726. The van der Waals surface area contributed by atoms with Crippen LogP contribution in [0, 0.1) is 0 Å². The molecule has 0 aliphatic carbocycles. The summed E-state index contributed by atoms with van der Waals surface area (Å²) in [6.07, 6.45) is 2.82. The van der Waals surface area contributed by atoms with Gasteiger partial charge in [-0.3, -0.25) is 19.4 Å². The molecule has 1 amide bonds. The molecule has 0 radical (unpaired) electrons. The molecule has 1 N–H and O–H groups in total. The quantitative estimate of drug-likeness (QED) is 0.763. The van der Waals surface area contributed by atoms with Crippen molar-refractivity contribution in [2.24, 2.45) is 0 Å². The highest BCUT2D eigenvalue weighted by atomic mass is 16.4. The molecule has 1 aliphatic heterocycles. The number of likely N-dealkylation sites (N-methyl/N-ethyl adjacent to an activating group) is 2. The zero-order chi connectivity index (χ0) is 19.1. The summed E-state index contributed by atoms with van der Waals surface area (Å²) in [6, 6.07) is 8.70. The largest absolute Gasteiger partial charge is 0.480 e. The maximum absolute atomic E-state index is 12.5. The molecule has 0 spiro atoms. The fourth-order valence-corrected chi connectivity index (χ4v) is 3.42. The Morgan fingerprint density at radius 1 is 1.12 bits per heavy atom. The Labute approximate surface area is 156 Å². The molecule has 2 rings (SSSR count). The number of aryl methyl sites for hydroxylation is 1. The number of hydrogen-bond acceptors (Lipinski definition) is 4. The van der Waals surface area contributed by atoms with Crippen molar-refractivity contribution in [2.75, 3.05) is 40.3 Å². The van der Waals surface area contributed by atoms with Gasteiger partial charge in [0.05, 0.1) is 13.1 Å². The maximum Gasteiger partial charge on any atom is 0.317 e. The number of benzene rings is 1. The summed E-state index contributed by atoms with van der Waals surface area (Å²) in [4.78, 5) is 29.2. The van der Waals surface area contributed by atoms with Crippen LogP contribution in [0.4, 0.5) is 0 Å². The van der Waals surface area contributed by atoms with Crippen LogP contribution in [0.15, 0.2) is 24.3 Å². The number of rotatable bonds is 8. The SMILES string of the molecule is CCc1ccc(CN(C)C(=O)CN2CCC(N(C)CC(=O)O)CC2)cc1. The van der Waals surface area contributed by atoms with E-state index in [2.05, 4.69) is 36.1 Å². The summed E-state index contributed by atoms with van der Waals surface area (Å²) in [6.45, 7) is 4.93. The Morgan fingerprint density at radius 2 is 1.69 bits per heavy atom. The Hall–Kier alpha value is -1.92. The molecule has 144 valence electrons. The molecule has 0 saturated carbocycles. The van der Waals surface area contributed by atoms with Gasteiger partial charge in [-0.2, -0.15) is 0 Å². The number of piperidine rings is 1. The highest BCUT2D eigenvalue weighted by molar-refractivity contribution is 5.78. The molecule has 1 aromatic carbocycles. The average molecular weight is 361 g/mol. The first-order chi connectivity index (χ1) is 12.4. The van der Waals surface area contributed by atoms with E-state index in [1.807, 2.05) is 19.0 Å². The van der Waals surface area contributed by atoms with Crippen molar-refractivity contribution in [3.63, 3.8) is 0 Å². The number of nitrogens with zero attached hydrogens (tertiary/aromatic N) is 3. The molecular formula is C20H31N3O3. The second-order valence-electron chi connectivity index (χ2n) is 7.24. The topological polar surface area (TPSA) is 64.1 Å². The lowest BCUT2D eigenvalue weighted by Gasteiger charge is -2.36. The Morgan fingerprint density at radius 3 is 2.23 bits per heavy atom. The first kappa shape index (κ1) is 20.4. The van der Waals surface area contributed by atoms with E-state index in [0.717, 1.165) is 37.9 Å². The number of amides is 1. The van der Waals surface area contributed by atoms with Gasteiger partial charge in [-0.25, -0.2) is 0 Å². The smallest absolute Gasteiger partial charge is 0.317 e. The summed E-state index contributed by atoms with van der Waals surface area (Å²) in [5, 5.41) is 8.89. The second-order valence-corrected chi connectivity index (χ2v) is 7.24. The number of hydrogen-bond donors (Lipinski definition) is 1. The highest BCUT2D eigenvalue weighted by Crippen LogP contribution is 2.15. The van der Waals surface area contributed by atoms with Gasteiger partial charge in [-0.1, -0.05) is 31.2 Å². The van der Waals surface area contributed by atoms with Crippen molar-refractivity contribution in [3.05, 3.63) is 35.4 Å². The molecule has 0 aromatic heterocycles. The molecule has 0 atom stereocenters. The van der Waals surface area contributed by atoms with Gasteiger partial charge >= 0.3 is 5.97 Å². The van der Waals surface area contributed by atoms with E-state index in [4.69, 9.17) is 5.11 Å². The first-order valence-corrected chi connectivity index (χ1v) is 9.35. The number of carbonyl (C=O) groups excluding carboxylic acids is 1. The van der Waals surface area contributed by atoms with Crippen LogP contribution in [0.2, 0.25) is 0 Å². The lowest BCUT2D eigenvalue weighted by Crippen LogP contribution is -2.47. The van der Waals surface area contributed by atoms with Gasteiger partial charge in [-0.05, 0) is 37.4 Å². The first-order valence-electron chi connectivity index (χ1n) is 9.35. The molecule has 6 heteroatoms. The average Bonchev–Trinajstić information content (AvgIpc) is 2.62. The van der Waals surface area contributed by atoms with E-state index >= 15 is 0 Å². The van der Waals surface area contributed by atoms with Crippen molar-refractivity contribution < 1.29 is 14.7 Å². The normalized spacial score (nSPS) is 16.0. The third-order valence-corrected chi connectivity index (χ3v) is 5.20. The van der Waals surface area contributed by atoms with Crippen LogP contribution in [0.5, 0.6) is 0 Å². The Balaban J connectivity index is 1.76. The summed E-state index contributed by atoms with van der Waals surface area (Å²) in [7, 11) is 3.71. The number of carboxylic acids is 1. The molecule has 0 unspecified atom stereocenters. The minimum atomic E-state index is -0.793. The highest BCUT2D eigenvalue weighted by Gasteiger charge is 2.25. The van der Waals surface area contributed by atoms with Crippen LogP contribution in [0.3, 0.4) is 0 Å². The van der Waals surface area contributed by atoms with Crippen LogP contribution in [0.25, 0.3) is 0 Å². The third-order valence-electron chi connectivity index (χ3n) is 5.20. The molecular weight excluding hydrogens is 330 g/mol. The number of carbonyl (C=O) groups is 2. The van der Waals surface area contributed by atoms with E-state index in [1.165, 1.54) is 5.56 Å². The van der Waals surface area contributed by atoms with Crippen molar-refractivity contribution in [3.8, 4) is 0 Å². The second kappa shape index (κ2) is 9.69. The molecule has 1 aromatic rings. The predicted molar refractivity (Wildman–Crippen MR) is 102 cm³/mol. The summed E-state index contributed by atoms with van der Waals surface area (Å²) < 4.78 is 0. The summed E-state index contributed by atoms with van der Waals surface area (Å²) in [5.41, 5.74) is 2.45. The van der Waals surface area contributed by atoms with Gasteiger partial charge in [-0.15, -0.1) is 0 Å². The van der Waals surface area contributed by atoms with Gasteiger partial charge in [0.15, 0.2) is 0 Å². The van der Waals surface area contributed by atoms with E-state index in [-0.39, 0.29) is 18.5 Å². The van der Waals surface area contributed by atoms with Gasteiger partial charge in [0.1, 0.15) is 0 Å². The molecule has 0 bridgehead atoms. The van der Waals surface area contributed by atoms with Gasteiger partial charge in [0.2, 0.25) is 5.91 Å². The van der Waals surface area contributed by atoms with E-state index in [9.17, 15) is 9.59 Å². The molecule has 1 heterocycles. The monoisotopic (exact) mass is 361 g/mol.